The van der Waals surface area contributed by atoms with Crippen molar-refractivity contribution in [1.82, 2.24) is 0 Å². The van der Waals surface area contributed by atoms with Gasteiger partial charge in [0.2, 0.25) is 0 Å². The third kappa shape index (κ3) is 3.91. The molecule has 20 heavy (non-hydrogen) atoms. The Labute approximate surface area is 131 Å². The Balaban J connectivity index is 2.31. The molecule has 1 aromatic rings. The molecule has 0 amide bonds. The Morgan fingerprint density at radius 2 is 1.70 bits per heavy atom. The molecular formula is C17H25BrO2. The van der Waals surface area contributed by atoms with E-state index in [0.29, 0.717) is 4.83 Å². The van der Waals surface area contributed by atoms with Gasteiger partial charge in [0.05, 0.1) is 13.2 Å². The zero-order chi connectivity index (χ0) is 14.4. The number of aryl methyl sites for hydroxylation is 1. The maximum Gasteiger partial charge on any atom is 0.161 e. The third-order valence-electron chi connectivity index (χ3n) is 3.62. The second-order valence-electron chi connectivity index (χ2n) is 5.41. The van der Waals surface area contributed by atoms with Crippen molar-refractivity contribution in [3.05, 3.63) is 23.3 Å². The van der Waals surface area contributed by atoms with Crippen molar-refractivity contribution >= 4 is 15.9 Å². The fraction of sp³-hybridized carbons (Fsp3) is 0.647. The number of hydrogen-bond donors (Lipinski definition) is 0. The Bertz CT molecular complexity index is 431. The summed E-state index contributed by atoms with van der Waals surface area (Å²) in [6.07, 6.45) is 6.93. The summed E-state index contributed by atoms with van der Waals surface area (Å²) in [5.41, 5.74) is 2.80. The van der Waals surface area contributed by atoms with Crippen LogP contribution in [0.2, 0.25) is 0 Å². The second kappa shape index (κ2) is 7.92. The van der Waals surface area contributed by atoms with Crippen LogP contribution in [-0.2, 0) is 6.42 Å². The van der Waals surface area contributed by atoms with Crippen molar-refractivity contribution in [2.75, 3.05) is 13.2 Å². The van der Waals surface area contributed by atoms with Crippen LogP contribution in [0.3, 0.4) is 0 Å². The fourth-order valence-electron chi connectivity index (χ4n) is 2.57. The number of hydrogen-bond acceptors (Lipinski definition) is 2. The summed E-state index contributed by atoms with van der Waals surface area (Å²) in [5.74, 6) is 1.83. The predicted molar refractivity (Wildman–Crippen MR) is 87.2 cm³/mol. The Hall–Kier alpha value is -0.700. The Morgan fingerprint density at radius 1 is 1.05 bits per heavy atom. The maximum atomic E-state index is 5.89. The summed E-state index contributed by atoms with van der Waals surface area (Å²) in [7, 11) is 0. The smallest absolute Gasteiger partial charge is 0.161 e. The molecule has 2 nitrogen and oxygen atoms in total. The van der Waals surface area contributed by atoms with Gasteiger partial charge in [-0.05, 0) is 55.4 Å². The lowest BCUT2D eigenvalue weighted by Gasteiger charge is -2.18. The zero-order valence-corrected chi connectivity index (χ0v) is 14.2. The van der Waals surface area contributed by atoms with Crippen LogP contribution < -0.4 is 9.47 Å². The van der Waals surface area contributed by atoms with E-state index >= 15 is 0 Å². The van der Waals surface area contributed by atoms with Crippen molar-refractivity contribution in [2.24, 2.45) is 0 Å². The van der Waals surface area contributed by atoms with Crippen molar-refractivity contribution in [1.29, 1.82) is 0 Å². The van der Waals surface area contributed by atoms with Crippen LogP contribution in [0.15, 0.2) is 12.1 Å². The minimum absolute atomic E-state index is 0.448. The highest BCUT2D eigenvalue weighted by Crippen LogP contribution is 2.41. The number of alkyl halides is 1. The van der Waals surface area contributed by atoms with Gasteiger partial charge in [0.25, 0.3) is 0 Å². The van der Waals surface area contributed by atoms with Crippen LogP contribution in [0.4, 0.5) is 0 Å². The van der Waals surface area contributed by atoms with Gasteiger partial charge >= 0.3 is 0 Å². The lowest BCUT2D eigenvalue weighted by atomic mass is 10.0. The summed E-state index contributed by atoms with van der Waals surface area (Å²) in [5, 5.41) is 0. The minimum Gasteiger partial charge on any atom is -0.490 e. The van der Waals surface area contributed by atoms with E-state index in [-0.39, 0.29) is 0 Å². The van der Waals surface area contributed by atoms with Gasteiger partial charge in [0.1, 0.15) is 0 Å². The van der Waals surface area contributed by atoms with Gasteiger partial charge in [0, 0.05) is 4.83 Å². The van der Waals surface area contributed by atoms with Crippen molar-refractivity contribution in [3.8, 4) is 11.5 Å². The average molecular weight is 341 g/mol. The van der Waals surface area contributed by atoms with E-state index in [1.54, 1.807) is 0 Å². The standard InChI is InChI=1S/C17H25BrO2/c1-3-9-19-16-11-13-7-5-6-8-15(18)14(13)12-17(16)20-10-4-2/h11-12,15H,3-10H2,1-2H3. The van der Waals surface area contributed by atoms with Crippen molar-refractivity contribution in [2.45, 2.75) is 57.2 Å². The molecule has 0 radical (unpaired) electrons. The Morgan fingerprint density at radius 3 is 2.35 bits per heavy atom. The SMILES string of the molecule is CCCOc1cc2c(cc1OCCC)C(Br)CCCC2. The molecule has 1 aliphatic carbocycles. The first-order chi connectivity index (χ1) is 9.76. The van der Waals surface area contributed by atoms with Gasteiger partial charge in [-0.3, -0.25) is 0 Å². The van der Waals surface area contributed by atoms with E-state index in [0.717, 1.165) is 44.0 Å². The molecule has 0 fully saturated rings. The third-order valence-corrected chi connectivity index (χ3v) is 4.57. The molecule has 1 unspecified atom stereocenters. The zero-order valence-electron chi connectivity index (χ0n) is 12.6. The summed E-state index contributed by atoms with van der Waals surface area (Å²) in [6.45, 7) is 5.75. The van der Waals surface area contributed by atoms with Crippen molar-refractivity contribution < 1.29 is 9.47 Å². The lowest BCUT2D eigenvalue weighted by molar-refractivity contribution is 0.268. The van der Waals surface area contributed by atoms with Gasteiger partial charge in [-0.15, -0.1) is 0 Å². The molecule has 0 spiro atoms. The molecule has 112 valence electrons. The van der Waals surface area contributed by atoms with E-state index in [2.05, 4.69) is 41.9 Å². The molecule has 0 N–H and O–H groups in total. The molecular weight excluding hydrogens is 316 g/mol. The van der Waals surface area contributed by atoms with Crippen LogP contribution in [0.5, 0.6) is 11.5 Å². The molecule has 1 aliphatic rings. The van der Waals surface area contributed by atoms with Crippen LogP contribution in [-0.4, -0.2) is 13.2 Å². The monoisotopic (exact) mass is 340 g/mol. The van der Waals surface area contributed by atoms with Gasteiger partial charge in [-0.25, -0.2) is 0 Å². The molecule has 0 saturated heterocycles. The van der Waals surface area contributed by atoms with Gasteiger partial charge in [-0.2, -0.15) is 0 Å². The van der Waals surface area contributed by atoms with Crippen LogP contribution in [0.25, 0.3) is 0 Å². The first-order valence-corrected chi connectivity index (χ1v) is 8.74. The summed E-state index contributed by atoms with van der Waals surface area (Å²) < 4.78 is 11.8. The van der Waals surface area contributed by atoms with Gasteiger partial charge in [-0.1, -0.05) is 36.2 Å². The highest BCUT2D eigenvalue weighted by atomic mass is 79.9. The fourth-order valence-corrected chi connectivity index (χ4v) is 3.32. The predicted octanol–water partition coefficient (Wildman–Crippen LogP) is 5.43. The average Bonchev–Trinajstić information content (AvgIpc) is 2.64. The Kier molecular flexibility index (Phi) is 6.21. The van der Waals surface area contributed by atoms with Crippen LogP contribution in [0.1, 0.15) is 61.9 Å². The van der Waals surface area contributed by atoms with E-state index in [4.69, 9.17) is 9.47 Å². The highest BCUT2D eigenvalue weighted by Gasteiger charge is 2.20. The molecule has 0 bridgehead atoms. The highest BCUT2D eigenvalue weighted by molar-refractivity contribution is 9.09. The summed E-state index contributed by atoms with van der Waals surface area (Å²) in [4.78, 5) is 0.448. The van der Waals surface area contributed by atoms with Crippen LogP contribution >= 0.6 is 15.9 Å². The number of halogens is 1. The normalized spacial score (nSPS) is 18.2. The second-order valence-corrected chi connectivity index (χ2v) is 6.51. The van der Waals surface area contributed by atoms with E-state index in [9.17, 15) is 0 Å². The first kappa shape index (κ1) is 15.7. The van der Waals surface area contributed by atoms with Gasteiger partial charge in [0.15, 0.2) is 11.5 Å². The molecule has 1 atom stereocenters. The van der Waals surface area contributed by atoms with E-state index in [1.165, 1.54) is 30.4 Å². The molecule has 3 heteroatoms. The van der Waals surface area contributed by atoms with Crippen LogP contribution in [0, 0.1) is 0 Å². The largest absolute Gasteiger partial charge is 0.490 e. The lowest BCUT2D eigenvalue weighted by Crippen LogP contribution is -2.04. The van der Waals surface area contributed by atoms with E-state index < -0.39 is 0 Å². The first-order valence-electron chi connectivity index (χ1n) is 7.82. The number of fused-ring (bicyclic) bond motifs is 1. The molecule has 0 aromatic heterocycles. The quantitative estimate of drug-likeness (QED) is 0.508. The molecule has 0 saturated carbocycles. The van der Waals surface area contributed by atoms with E-state index in [1.807, 2.05) is 0 Å². The topological polar surface area (TPSA) is 18.5 Å². The van der Waals surface area contributed by atoms with Crippen molar-refractivity contribution in [3.63, 3.8) is 0 Å². The maximum absolute atomic E-state index is 5.89. The number of rotatable bonds is 6. The summed E-state index contributed by atoms with van der Waals surface area (Å²) >= 11 is 3.82. The molecule has 0 heterocycles. The molecule has 2 rings (SSSR count). The molecule has 0 aliphatic heterocycles. The molecule has 1 aromatic carbocycles. The summed E-state index contributed by atoms with van der Waals surface area (Å²) in [6, 6.07) is 4.40. The number of ether oxygens (including phenoxy) is 2. The number of benzene rings is 1. The minimum atomic E-state index is 0.448. The van der Waals surface area contributed by atoms with Gasteiger partial charge < -0.3 is 9.47 Å².